The third-order valence-corrected chi connectivity index (χ3v) is 2.45. The topological polar surface area (TPSA) is 68.4 Å². The Morgan fingerprint density at radius 3 is 2.94 bits per heavy atom. The molecular formula is C11H17FN2O2. The van der Waals surface area contributed by atoms with E-state index >= 15 is 0 Å². The van der Waals surface area contributed by atoms with E-state index in [4.69, 9.17) is 10.5 Å². The van der Waals surface area contributed by atoms with Crippen molar-refractivity contribution in [3.8, 4) is 0 Å². The number of methoxy groups -OCH3 is 1. The van der Waals surface area contributed by atoms with Crippen molar-refractivity contribution in [1.29, 1.82) is 0 Å². The van der Waals surface area contributed by atoms with Gasteiger partial charge in [0, 0.05) is 18.9 Å². The molecule has 1 heterocycles. The van der Waals surface area contributed by atoms with Crippen LogP contribution in [0.25, 0.3) is 0 Å². The molecule has 16 heavy (non-hydrogen) atoms. The summed E-state index contributed by atoms with van der Waals surface area (Å²) in [7, 11) is 1.46. The van der Waals surface area contributed by atoms with E-state index in [-0.39, 0.29) is 12.2 Å². The second kappa shape index (κ2) is 5.89. The van der Waals surface area contributed by atoms with Crippen LogP contribution in [-0.4, -0.2) is 30.4 Å². The predicted molar refractivity (Wildman–Crippen MR) is 58.3 cm³/mol. The van der Waals surface area contributed by atoms with E-state index < -0.39 is 11.4 Å². The molecular weight excluding hydrogens is 211 g/mol. The van der Waals surface area contributed by atoms with Gasteiger partial charge in [-0.05, 0) is 25.5 Å². The zero-order valence-electron chi connectivity index (χ0n) is 9.32. The number of hydrogen-bond donors (Lipinski definition) is 2. The molecule has 0 bridgehead atoms. The minimum atomic E-state index is -1.33. The summed E-state index contributed by atoms with van der Waals surface area (Å²) < 4.78 is 18.5. The molecule has 1 unspecified atom stereocenters. The Labute approximate surface area is 94.3 Å². The van der Waals surface area contributed by atoms with Crippen molar-refractivity contribution in [2.24, 2.45) is 5.73 Å². The minimum absolute atomic E-state index is 0.0356. The molecule has 0 fully saturated rings. The monoisotopic (exact) mass is 228 g/mol. The molecule has 0 spiro atoms. The second-order valence-corrected chi connectivity index (χ2v) is 3.71. The number of aliphatic hydroxyl groups is 1. The minimum Gasteiger partial charge on any atom is -0.383 e. The number of ether oxygens (including phenoxy) is 1. The highest BCUT2D eigenvalue weighted by molar-refractivity contribution is 5.21. The zero-order chi connectivity index (χ0) is 12.0. The molecule has 0 saturated heterocycles. The van der Waals surface area contributed by atoms with Crippen molar-refractivity contribution < 1.29 is 14.2 Å². The van der Waals surface area contributed by atoms with E-state index in [1.54, 1.807) is 0 Å². The third-order valence-electron chi connectivity index (χ3n) is 2.45. The summed E-state index contributed by atoms with van der Waals surface area (Å²) in [6, 6.07) is 1.46. The lowest BCUT2D eigenvalue weighted by molar-refractivity contribution is -0.0453. The van der Waals surface area contributed by atoms with E-state index in [1.165, 1.54) is 19.4 Å². The van der Waals surface area contributed by atoms with Crippen molar-refractivity contribution in [3.63, 3.8) is 0 Å². The average molecular weight is 228 g/mol. The van der Waals surface area contributed by atoms with Crippen molar-refractivity contribution in [2.75, 3.05) is 20.3 Å². The van der Waals surface area contributed by atoms with Crippen molar-refractivity contribution in [3.05, 3.63) is 29.8 Å². The number of pyridine rings is 1. The summed E-state index contributed by atoms with van der Waals surface area (Å²) in [6.45, 7) is 0.479. The first-order valence-corrected chi connectivity index (χ1v) is 5.15. The van der Waals surface area contributed by atoms with Gasteiger partial charge in [-0.1, -0.05) is 0 Å². The molecule has 1 rings (SSSR count). The highest BCUT2D eigenvalue weighted by Crippen LogP contribution is 2.28. The van der Waals surface area contributed by atoms with E-state index in [9.17, 15) is 9.50 Å². The number of nitrogens with two attached hydrogens (primary N) is 1. The first-order chi connectivity index (χ1) is 7.64. The van der Waals surface area contributed by atoms with E-state index in [0.717, 1.165) is 6.20 Å². The maximum atomic E-state index is 13.5. The number of nitrogens with zero attached hydrogens (tertiary/aromatic N) is 1. The Morgan fingerprint density at radius 2 is 2.38 bits per heavy atom. The molecule has 1 atom stereocenters. The lowest BCUT2D eigenvalue weighted by atomic mass is 9.90. The zero-order valence-corrected chi connectivity index (χ0v) is 9.32. The second-order valence-electron chi connectivity index (χ2n) is 3.71. The molecule has 0 aliphatic heterocycles. The molecule has 1 aromatic rings. The van der Waals surface area contributed by atoms with Crippen LogP contribution in [0.4, 0.5) is 4.39 Å². The van der Waals surface area contributed by atoms with Gasteiger partial charge in [-0.3, -0.25) is 4.98 Å². The Morgan fingerprint density at radius 1 is 1.62 bits per heavy atom. The molecule has 90 valence electrons. The Hall–Kier alpha value is -1.04. The Kier molecular flexibility index (Phi) is 4.79. The summed E-state index contributed by atoms with van der Waals surface area (Å²) in [6.07, 6.45) is 3.49. The predicted octanol–water partition coefficient (Wildman–Crippen LogP) is 0.794. The first-order valence-electron chi connectivity index (χ1n) is 5.15. The molecule has 0 aliphatic carbocycles. The lowest BCUT2D eigenvalue weighted by Crippen LogP contribution is -2.33. The van der Waals surface area contributed by atoms with Gasteiger partial charge in [0.15, 0.2) is 0 Å². The van der Waals surface area contributed by atoms with Gasteiger partial charge in [0.2, 0.25) is 0 Å². The highest BCUT2D eigenvalue weighted by Gasteiger charge is 2.31. The molecule has 0 aliphatic rings. The van der Waals surface area contributed by atoms with Gasteiger partial charge in [0.05, 0.1) is 12.8 Å². The number of hydrogen-bond acceptors (Lipinski definition) is 4. The van der Waals surface area contributed by atoms with E-state index in [2.05, 4.69) is 4.98 Å². The van der Waals surface area contributed by atoms with Crippen molar-refractivity contribution in [1.82, 2.24) is 4.98 Å². The van der Waals surface area contributed by atoms with Gasteiger partial charge in [-0.2, -0.15) is 0 Å². The fraction of sp³-hybridized carbons (Fsp3) is 0.545. The average Bonchev–Trinajstić information content (AvgIpc) is 2.27. The number of halogens is 1. The van der Waals surface area contributed by atoms with Gasteiger partial charge in [-0.15, -0.1) is 0 Å². The van der Waals surface area contributed by atoms with Crippen LogP contribution in [0.3, 0.4) is 0 Å². The van der Waals surface area contributed by atoms with E-state index in [0.29, 0.717) is 19.4 Å². The molecule has 3 N–H and O–H groups in total. The van der Waals surface area contributed by atoms with Crippen LogP contribution in [0.5, 0.6) is 0 Å². The van der Waals surface area contributed by atoms with Gasteiger partial charge >= 0.3 is 0 Å². The maximum absolute atomic E-state index is 13.5. The highest BCUT2D eigenvalue weighted by atomic mass is 19.1. The van der Waals surface area contributed by atoms with Crippen LogP contribution in [-0.2, 0) is 10.3 Å². The largest absolute Gasteiger partial charge is 0.383 e. The fourth-order valence-corrected chi connectivity index (χ4v) is 1.67. The number of aromatic nitrogens is 1. The lowest BCUT2D eigenvalue weighted by Gasteiger charge is -2.27. The van der Waals surface area contributed by atoms with Gasteiger partial charge < -0.3 is 15.6 Å². The third kappa shape index (κ3) is 2.98. The molecule has 0 amide bonds. The van der Waals surface area contributed by atoms with Gasteiger partial charge in [0.1, 0.15) is 11.4 Å². The molecule has 0 radical (unpaired) electrons. The molecule has 0 saturated carbocycles. The van der Waals surface area contributed by atoms with Crippen LogP contribution in [0.15, 0.2) is 18.5 Å². The quantitative estimate of drug-likeness (QED) is 0.755. The molecule has 5 heteroatoms. The van der Waals surface area contributed by atoms with Crippen LogP contribution in [0.1, 0.15) is 18.4 Å². The number of rotatable bonds is 6. The fourth-order valence-electron chi connectivity index (χ4n) is 1.67. The first kappa shape index (κ1) is 13.0. The summed E-state index contributed by atoms with van der Waals surface area (Å²) in [5.41, 5.74) is 4.26. The van der Waals surface area contributed by atoms with Crippen LogP contribution in [0.2, 0.25) is 0 Å². The summed E-state index contributed by atoms with van der Waals surface area (Å²) >= 11 is 0. The maximum Gasteiger partial charge on any atom is 0.147 e. The van der Waals surface area contributed by atoms with Crippen LogP contribution < -0.4 is 5.73 Å². The SMILES string of the molecule is COCC(O)(CCCN)c1ccncc1F. The molecule has 4 nitrogen and oxygen atoms in total. The van der Waals surface area contributed by atoms with Crippen LogP contribution in [0, 0.1) is 5.82 Å². The van der Waals surface area contributed by atoms with Crippen molar-refractivity contribution >= 4 is 0 Å². The summed E-state index contributed by atoms with van der Waals surface area (Å²) in [4.78, 5) is 3.65. The Bertz CT molecular complexity index is 336. The van der Waals surface area contributed by atoms with Crippen molar-refractivity contribution in [2.45, 2.75) is 18.4 Å². The summed E-state index contributed by atoms with van der Waals surface area (Å²) in [5, 5.41) is 10.3. The Balaban J connectivity index is 2.96. The smallest absolute Gasteiger partial charge is 0.147 e. The molecule has 0 aromatic carbocycles. The standard InChI is InChI=1S/C11H17FN2O2/c1-16-8-11(15,4-2-5-13)9-3-6-14-7-10(9)12/h3,6-7,15H,2,4-5,8,13H2,1H3. The van der Waals surface area contributed by atoms with Gasteiger partial charge in [0.25, 0.3) is 0 Å². The van der Waals surface area contributed by atoms with Gasteiger partial charge in [-0.25, -0.2) is 4.39 Å². The van der Waals surface area contributed by atoms with E-state index in [1.807, 2.05) is 0 Å². The normalized spacial score (nSPS) is 14.8. The molecule has 1 aromatic heterocycles. The summed E-state index contributed by atoms with van der Waals surface area (Å²) in [5.74, 6) is -0.529. The van der Waals surface area contributed by atoms with Crippen LogP contribution >= 0.6 is 0 Å².